The lowest BCUT2D eigenvalue weighted by molar-refractivity contribution is -0.125. The molecular formula is C24H33N3O3. The Kier molecular flexibility index (Phi) is 7.34. The number of carbonyl (C=O) groups excluding carboxylic acids is 1. The zero-order valence-corrected chi connectivity index (χ0v) is 18.2. The molecule has 0 aromatic heterocycles. The number of hydrogen-bond donors (Lipinski definition) is 2. The van der Waals surface area contributed by atoms with E-state index in [1.807, 2.05) is 24.3 Å². The fourth-order valence-electron chi connectivity index (χ4n) is 4.13. The van der Waals surface area contributed by atoms with Gasteiger partial charge in [-0.15, -0.1) is 0 Å². The smallest absolute Gasteiger partial charge is 0.221 e. The van der Waals surface area contributed by atoms with E-state index in [1.165, 1.54) is 12.6 Å². The molecule has 0 bridgehead atoms. The zero-order chi connectivity index (χ0) is 21.6. The van der Waals surface area contributed by atoms with E-state index in [0.717, 1.165) is 44.6 Å². The van der Waals surface area contributed by atoms with Gasteiger partial charge in [-0.25, -0.2) is 0 Å². The van der Waals surface area contributed by atoms with E-state index >= 15 is 0 Å². The van der Waals surface area contributed by atoms with Gasteiger partial charge in [-0.3, -0.25) is 9.69 Å². The van der Waals surface area contributed by atoms with Gasteiger partial charge in [-0.2, -0.15) is 0 Å². The van der Waals surface area contributed by atoms with Crippen molar-refractivity contribution in [3.05, 3.63) is 54.1 Å². The number of hydrogen-bond acceptors (Lipinski definition) is 5. The molecule has 6 nitrogen and oxygen atoms in total. The number of aliphatic hydroxyl groups is 1. The number of benzene rings is 2. The van der Waals surface area contributed by atoms with Crippen LogP contribution in [0.2, 0.25) is 0 Å². The van der Waals surface area contributed by atoms with E-state index in [4.69, 9.17) is 4.74 Å². The lowest BCUT2D eigenvalue weighted by Crippen LogP contribution is -2.55. The summed E-state index contributed by atoms with van der Waals surface area (Å²) >= 11 is 0. The van der Waals surface area contributed by atoms with Crippen LogP contribution >= 0.6 is 0 Å². The third kappa shape index (κ3) is 4.94. The third-order valence-corrected chi connectivity index (χ3v) is 5.78. The fraction of sp³-hybridized carbons (Fsp3) is 0.458. The first-order valence-corrected chi connectivity index (χ1v) is 10.7. The van der Waals surface area contributed by atoms with Gasteiger partial charge in [0.25, 0.3) is 0 Å². The molecule has 1 saturated heterocycles. The van der Waals surface area contributed by atoms with Crippen LogP contribution in [-0.4, -0.2) is 49.2 Å². The predicted molar refractivity (Wildman–Crippen MR) is 121 cm³/mol. The van der Waals surface area contributed by atoms with Gasteiger partial charge in [0, 0.05) is 44.4 Å². The van der Waals surface area contributed by atoms with Crippen LogP contribution in [0.4, 0.5) is 11.4 Å². The zero-order valence-electron chi connectivity index (χ0n) is 18.2. The van der Waals surface area contributed by atoms with Crippen molar-refractivity contribution in [3.63, 3.8) is 0 Å². The van der Waals surface area contributed by atoms with Crippen molar-refractivity contribution in [1.29, 1.82) is 0 Å². The Bertz CT molecular complexity index is 835. The first kappa shape index (κ1) is 22.1. The van der Waals surface area contributed by atoms with Crippen molar-refractivity contribution in [2.24, 2.45) is 0 Å². The summed E-state index contributed by atoms with van der Waals surface area (Å²) in [6.45, 7) is 6.83. The van der Waals surface area contributed by atoms with Crippen LogP contribution in [-0.2, 0) is 10.5 Å². The second-order valence-corrected chi connectivity index (χ2v) is 7.83. The Hall–Kier alpha value is -2.57. The van der Waals surface area contributed by atoms with E-state index in [-0.39, 0.29) is 5.91 Å². The summed E-state index contributed by atoms with van der Waals surface area (Å²) in [5.41, 5.74) is 1.50. The van der Waals surface area contributed by atoms with Crippen LogP contribution in [0.5, 0.6) is 5.75 Å². The average molecular weight is 412 g/mol. The summed E-state index contributed by atoms with van der Waals surface area (Å²) in [5, 5.41) is 14.7. The molecule has 1 amide bonds. The van der Waals surface area contributed by atoms with Gasteiger partial charge in [0.15, 0.2) is 0 Å². The molecule has 2 N–H and O–H groups in total. The highest BCUT2D eigenvalue weighted by molar-refractivity contribution is 5.90. The summed E-state index contributed by atoms with van der Waals surface area (Å²) < 4.78 is 5.39. The minimum absolute atomic E-state index is 0.168. The number of carbonyl (C=O) groups is 1. The molecule has 30 heavy (non-hydrogen) atoms. The highest BCUT2D eigenvalue weighted by atomic mass is 16.5. The molecule has 6 heteroatoms. The van der Waals surface area contributed by atoms with Gasteiger partial charge in [0.05, 0.1) is 12.8 Å². The largest absolute Gasteiger partial charge is 0.495 e. The Labute approximate surface area is 179 Å². The summed E-state index contributed by atoms with van der Waals surface area (Å²) in [6, 6.07) is 16.0. The quantitative estimate of drug-likeness (QED) is 0.692. The Morgan fingerprint density at radius 1 is 1.13 bits per heavy atom. The minimum Gasteiger partial charge on any atom is -0.495 e. The molecule has 0 radical (unpaired) electrons. The van der Waals surface area contributed by atoms with Crippen LogP contribution in [0.3, 0.4) is 0 Å². The maximum Gasteiger partial charge on any atom is 0.221 e. The van der Waals surface area contributed by atoms with Crippen LogP contribution in [0.25, 0.3) is 0 Å². The monoisotopic (exact) mass is 411 g/mol. The van der Waals surface area contributed by atoms with Gasteiger partial charge in [-0.1, -0.05) is 37.6 Å². The van der Waals surface area contributed by atoms with Crippen molar-refractivity contribution in [3.8, 4) is 5.75 Å². The average Bonchev–Trinajstić information content (AvgIpc) is 2.77. The molecule has 0 saturated carbocycles. The van der Waals surface area contributed by atoms with Gasteiger partial charge in [-0.05, 0) is 37.1 Å². The second kappa shape index (κ2) is 9.96. The number of anilines is 2. The first-order chi connectivity index (χ1) is 14.5. The Balaban J connectivity index is 1.85. The number of unbranched alkanes of at least 4 members (excludes halogenated alkanes) is 1. The molecule has 1 unspecified atom stereocenters. The summed E-state index contributed by atoms with van der Waals surface area (Å²) in [4.78, 5) is 16.2. The molecule has 0 aliphatic carbocycles. The first-order valence-electron chi connectivity index (χ1n) is 10.7. The molecule has 1 fully saturated rings. The molecule has 1 aliphatic heterocycles. The number of piperazine rings is 1. The maximum atomic E-state index is 11.9. The fourth-order valence-corrected chi connectivity index (χ4v) is 4.13. The van der Waals surface area contributed by atoms with E-state index in [2.05, 4.69) is 46.3 Å². The molecule has 0 spiro atoms. The van der Waals surface area contributed by atoms with Crippen LogP contribution in [0, 0.1) is 0 Å². The molecule has 2 aromatic rings. The third-order valence-electron chi connectivity index (χ3n) is 5.78. The van der Waals surface area contributed by atoms with Crippen molar-refractivity contribution in [2.75, 3.05) is 43.5 Å². The summed E-state index contributed by atoms with van der Waals surface area (Å²) in [7, 11) is 1.58. The van der Waals surface area contributed by atoms with Crippen LogP contribution in [0.15, 0.2) is 48.5 Å². The highest BCUT2D eigenvalue weighted by Crippen LogP contribution is 2.37. The van der Waals surface area contributed by atoms with Gasteiger partial charge < -0.3 is 20.1 Å². The number of para-hydroxylation sites is 1. The number of ether oxygens (including phenoxy) is 1. The molecule has 1 atom stereocenters. The predicted octanol–water partition coefficient (Wildman–Crippen LogP) is 3.81. The van der Waals surface area contributed by atoms with Crippen molar-refractivity contribution in [1.82, 2.24) is 4.90 Å². The van der Waals surface area contributed by atoms with E-state index in [1.54, 1.807) is 7.11 Å². The van der Waals surface area contributed by atoms with Crippen LogP contribution in [0.1, 0.15) is 38.7 Å². The molecule has 2 aromatic carbocycles. The second-order valence-electron chi connectivity index (χ2n) is 7.83. The topological polar surface area (TPSA) is 65.0 Å². The Morgan fingerprint density at radius 2 is 1.83 bits per heavy atom. The van der Waals surface area contributed by atoms with Crippen molar-refractivity contribution in [2.45, 2.75) is 38.8 Å². The number of nitrogens with zero attached hydrogens (tertiary/aromatic N) is 2. The number of amides is 1. The number of rotatable bonds is 8. The van der Waals surface area contributed by atoms with Gasteiger partial charge in [0.2, 0.25) is 5.91 Å². The van der Waals surface area contributed by atoms with E-state index < -0.39 is 5.72 Å². The molecule has 3 rings (SSSR count). The van der Waals surface area contributed by atoms with Crippen LogP contribution < -0.4 is 15.0 Å². The van der Waals surface area contributed by atoms with E-state index in [0.29, 0.717) is 17.9 Å². The Morgan fingerprint density at radius 3 is 2.43 bits per heavy atom. The van der Waals surface area contributed by atoms with E-state index in [9.17, 15) is 9.90 Å². The maximum absolute atomic E-state index is 11.9. The minimum atomic E-state index is -1.09. The number of methoxy groups -OCH3 is 1. The molecule has 1 aliphatic rings. The van der Waals surface area contributed by atoms with Crippen molar-refractivity contribution < 1.29 is 14.6 Å². The summed E-state index contributed by atoms with van der Waals surface area (Å²) in [6.07, 6.45) is 2.55. The SMILES string of the molecule is CCCCC(O)(c1ccc(OC)c(NC(C)=O)c1)N1CCN(c2ccccc2)CC1. The van der Waals surface area contributed by atoms with Gasteiger partial charge in [0.1, 0.15) is 11.5 Å². The standard InChI is InChI=1S/C24H33N3O3/c1-4-5-13-24(29,20-11-12-23(30-3)22(18-20)25-19(2)28)27-16-14-26(15-17-27)21-9-7-6-8-10-21/h6-12,18,29H,4-5,13-17H2,1-3H3,(H,25,28). The molecular weight excluding hydrogens is 378 g/mol. The van der Waals surface area contributed by atoms with Crippen molar-refractivity contribution >= 4 is 17.3 Å². The summed E-state index contributed by atoms with van der Waals surface area (Å²) in [5.74, 6) is 0.416. The lowest BCUT2D eigenvalue weighted by atomic mass is 9.93. The lowest BCUT2D eigenvalue weighted by Gasteiger charge is -2.45. The molecule has 162 valence electrons. The highest BCUT2D eigenvalue weighted by Gasteiger charge is 2.38. The number of nitrogens with one attached hydrogen (secondary N) is 1. The molecule has 1 heterocycles. The van der Waals surface area contributed by atoms with Gasteiger partial charge >= 0.3 is 0 Å². The normalized spacial score (nSPS) is 16.7.